The van der Waals surface area contributed by atoms with Crippen molar-refractivity contribution in [3.05, 3.63) is 35.9 Å². The number of carbonyl (C=O) groups is 3. The minimum atomic E-state index is -4.57. The highest BCUT2D eigenvalue weighted by Gasteiger charge is 2.48. The highest BCUT2D eigenvalue weighted by atomic mass is 19.4. The Morgan fingerprint density at radius 3 is 2.34 bits per heavy atom. The predicted octanol–water partition coefficient (Wildman–Crippen LogP) is 2.14. The maximum Gasteiger partial charge on any atom is 0.408 e. The number of carbonyl (C=O) groups excluding carboxylic acids is 3. The monoisotopic (exact) mass is 413 g/mol. The Morgan fingerprint density at radius 1 is 1.14 bits per heavy atom. The van der Waals surface area contributed by atoms with Crippen molar-refractivity contribution in [3.63, 3.8) is 0 Å². The molecule has 1 aromatic rings. The van der Waals surface area contributed by atoms with Gasteiger partial charge >= 0.3 is 6.18 Å². The second-order valence-electron chi connectivity index (χ2n) is 7.25. The van der Waals surface area contributed by atoms with Crippen molar-refractivity contribution in [1.82, 2.24) is 15.1 Å². The fourth-order valence-electron chi connectivity index (χ4n) is 3.50. The number of benzene rings is 1. The molecule has 2 atom stereocenters. The Morgan fingerprint density at radius 2 is 1.79 bits per heavy atom. The van der Waals surface area contributed by atoms with Crippen LogP contribution in [0.1, 0.15) is 32.3 Å². The van der Waals surface area contributed by atoms with Crippen LogP contribution in [0.2, 0.25) is 0 Å². The van der Waals surface area contributed by atoms with Crippen LogP contribution in [0.15, 0.2) is 30.3 Å². The molecular formula is C20H26F3N3O3. The molecule has 6 nitrogen and oxygen atoms in total. The summed E-state index contributed by atoms with van der Waals surface area (Å²) in [5.74, 6) is -1.51. The third-order valence-corrected chi connectivity index (χ3v) is 4.97. The Balaban J connectivity index is 2.08. The summed E-state index contributed by atoms with van der Waals surface area (Å²) in [5.41, 5.74) is 0.961. The second kappa shape index (κ2) is 9.76. The van der Waals surface area contributed by atoms with E-state index in [-0.39, 0.29) is 37.7 Å². The van der Waals surface area contributed by atoms with Crippen molar-refractivity contribution in [2.75, 3.05) is 19.6 Å². The first-order valence-corrected chi connectivity index (χ1v) is 9.50. The molecule has 0 bridgehead atoms. The number of halogens is 3. The highest BCUT2D eigenvalue weighted by molar-refractivity contribution is 5.84. The largest absolute Gasteiger partial charge is 0.408 e. The lowest BCUT2D eigenvalue weighted by Crippen LogP contribution is -2.59. The van der Waals surface area contributed by atoms with Gasteiger partial charge < -0.3 is 15.1 Å². The second-order valence-corrected chi connectivity index (χ2v) is 7.25. The van der Waals surface area contributed by atoms with Crippen molar-refractivity contribution in [2.45, 2.75) is 51.4 Å². The van der Waals surface area contributed by atoms with Crippen LogP contribution in [-0.2, 0) is 20.8 Å². The van der Waals surface area contributed by atoms with Crippen molar-refractivity contribution in [1.29, 1.82) is 0 Å². The van der Waals surface area contributed by atoms with Gasteiger partial charge in [-0.3, -0.25) is 14.4 Å². The molecule has 160 valence electrons. The van der Waals surface area contributed by atoms with E-state index in [1.807, 2.05) is 30.3 Å². The van der Waals surface area contributed by atoms with Crippen LogP contribution in [0.4, 0.5) is 13.2 Å². The molecule has 1 aromatic carbocycles. The summed E-state index contributed by atoms with van der Waals surface area (Å²) in [6.07, 6.45) is -4.23. The third-order valence-electron chi connectivity index (χ3n) is 4.97. The van der Waals surface area contributed by atoms with Crippen LogP contribution in [-0.4, -0.2) is 65.4 Å². The summed E-state index contributed by atoms with van der Waals surface area (Å²) >= 11 is 0. The number of alkyl halides is 3. The van der Waals surface area contributed by atoms with E-state index in [4.69, 9.17) is 0 Å². The van der Waals surface area contributed by atoms with Gasteiger partial charge in [-0.15, -0.1) is 0 Å². The fraction of sp³-hybridized carbons (Fsp3) is 0.550. The lowest BCUT2D eigenvalue weighted by atomic mass is 9.97. The molecule has 0 aromatic heterocycles. The predicted molar refractivity (Wildman–Crippen MR) is 101 cm³/mol. The number of nitrogens with zero attached hydrogens (tertiary/aromatic N) is 2. The molecule has 0 unspecified atom stereocenters. The van der Waals surface area contributed by atoms with E-state index >= 15 is 0 Å². The van der Waals surface area contributed by atoms with Crippen LogP contribution in [0.5, 0.6) is 0 Å². The molecular weight excluding hydrogens is 387 g/mol. The molecule has 1 aliphatic heterocycles. The van der Waals surface area contributed by atoms with Crippen molar-refractivity contribution >= 4 is 17.7 Å². The van der Waals surface area contributed by atoms with Gasteiger partial charge in [0.15, 0.2) is 0 Å². The molecule has 29 heavy (non-hydrogen) atoms. The molecule has 3 amide bonds. The lowest BCUT2D eigenvalue weighted by Gasteiger charge is -2.41. The molecule has 0 radical (unpaired) electrons. The third kappa shape index (κ3) is 6.76. The van der Waals surface area contributed by atoms with Crippen LogP contribution < -0.4 is 5.32 Å². The molecule has 0 spiro atoms. The maximum atomic E-state index is 13.4. The SMILES string of the molecule is CC(=O)N[C@H]1CC[C@H](C(F)(F)F)N(C(=O)CN(CCc2ccccc2)C(C)=O)C1. The van der Waals surface area contributed by atoms with Gasteiger partial charge in [0.05, 0.1) is 6.54 Å². The Hall–Kier alpha value is -2.58. The number of amides is 3. The number of hydrogen-bond donors (Lipinski definition) is 1. The number of piperidine rings is 1. The summed E-state index contributed by atoms with van der Waals surface area (Å²) in [7, 11) is 0. The van der Waals surface area contributed by atoms with E-state index in [1.165, 1.54) is 18.7 Å². The standard InChI is InChI=1S/C20H26F3N3O3/c1-14(27)24-17-8-9-18(20(21,22)23)26(12-17)19(29)13-25(15(2)28)11-10-16-6-4-3-5-7-16/h3-7,17-18H,8-13H2,1-2H3,(H,24,27)/t17-,18+/m0/s1. The maximum absolute atomic E-state index is 13.4. The van der Waals surface area contributed by atoms with Gasteiger partial charge in [0, 0.05) is 33.0 Å². The first kappa shape index (κ1) is 22.7. The van der Waals surface area contributed by atoms with Gasteiger partial charge in [0.25, 0.3) is 0 Å². The molecule has 1 aliphatic rings. The summed E-state index contributed by atoms with van der Waals surface area (Å²) in [6, 6.07) is 6.86. The number of likely N-dealkylation sites (tertiary alicyclic amines) is 1. The van der Waals surface area contributed by atoms with Gasteiger partial charge in [0.2, 0.25) is 17.7 Å². The van der Waals surface area contributed by atoms with E-state index in [0.29, 0.717) is 6.42 Å². The van der Waals surface area contributed by atoms with Gasteiger partial charge in [-0.2, -0.15) is 13.2 Å². The van der Waals surface area contributed by atoms with Crippen LogP contribution in [0, 0.1) is 0 Å². The first-order chi connectivity index (χ1) is 13.6. The van der Waals surface area contributed by atoms with Crippen molar-refractivity contribution < 1.29 is 27.6 Å². The van der Waals surface area contributed by atoms with Crippen LogP contribution >= 0.6 is 0 Å². The van der Waals surface area contributed by atoms with Crippen molar-refractivity contribution in [3.8, 4) is 0 Å². The summed E-state index contributed by atoms with van der Waals surface area (Å²) in [5, 5.41) is 2.58. The van der Waals surface area contributed by atoms with Gasteiger partial charge in [-0.05, 0) is 24.8 Å². The van der Waals surface area contributed by atoms with E-state index in [1.54, 1.807) is 0 Å². The highest BCUT2D eigenvalue weighted by Crippen LogP contribution is 2.32. The minimum absolute atomic E-state index is 0.137. The summed E-state index contributed by atoms with van der Waals surface area (Å²) < 4.78 is 40.3. The molecule has 1 N–H and O–H groups in total. The van der Waals surface area contributed by atoms with Crippen molar-refractivity contribution in [2.24, 2.45) is 0 Å². The fourth-order valence-corrected chi connectivity index (χ4v) is 3.50. The zero-order valence-corrected chi connectivity index (χ0v) is 16.5. The van der Waals surface area contributed by atoms with E-state index in [9.17, 15) is 27.6 Å². The molecule has 1 fully saturated rings. The Kier molecular flexibility index (Phi) is 7.64. The molecule has 0 saturated carbocycles. The summed E-state index contributed by atoms with van der Waals surface area (Å²) in [6.45, 7) is 2.14. The van der Waals surface area contributed by atoms with Crippen LogP contribution in [0.25, 0.3) is 0 Å². The summed E-state index contributed by atoms with van der Waals surface area (Å²) in [4.78, 5) is 38.0. The van der Waals surface area contributed by atoms with Crippen LogP contribution in [0.3, 0.4) is 0 Å². The van der Waals surface area contributed by atoms with Gasteiger partial charge in [-0.1, -0.05) is 30.3 Å². The molecule has 1 saturated heterocycles. The average Bonchev–Trinajstić information content (AvgIpc) is 2.64. The molecule has 0 aliphatic carbocycles. The minimum Gasteiger partial charge on any atom is -0.352 e. The van der Waals surface area contributed by atoms with Gasteiger partial charge in [-0.25, -0.2) is 0 Å². The number of hydrogen-bond acceptors (Lipinski definition) is 3. The van der Waals surface area contributed by atoms with E-state index in [2.05, 4.69) is 5.32 Å². The zero-order valence-electron chi connectivity index (χ0n) is 16.5. The zero-order chi connectivity index (χ0) is 21.6. The Bertz CT molecular complexity index is 725. The Labute approximate surface area is 168 Å². The molecule has 9 heteroatoms. The van der Waals surface area contributed by atoms with Gasteiger partial charge in [0.1, 0.15) is 6.04 Å². The average molecular weight is 413 g/mol. The molecule has 1 heterocycles. The van der Waals surface area contributed by atoms with E-state index < -0.39 is 30.7 Å². The smallest absolute Gasteiger partial charge is 0.352 e. The van der Waals surface area contributed by atoms with E-state index in [0.717, 1.165) is 10.5 Å². The first-order valence-electron chi connectivity index (χ1n) is 9.50. The number of nitrogens with one attached hydrogen (secondary N) is 1. The lowest BCUT2D eigenvalue weighted by molar-refractivity contribution is -0.197. The topological polar surface area (TPSA) is 69.7 Å². The number of rotatable bonds is 6. The molecule has 2 rings (SSSR count). The quantitative estimate of drug-likeness (QED) is 0.777. The normalized spacial score (nSPS) is 19.6.